The molecular formula is C15H20N4O3S. The van der Waals surface area contributed by atoms with Crippen LogP contribution in [0, 0.1) is 13.8 Å². The second-order valence-corrected chi connectivity index (χ2v) is 7.04. The Morgan fingerprint density at radius 2 is 1.78 bits per heavy atom. The zero-order valence-corrected chi connectivity index (χ0v) is 14.0. The molecular weight excluding hydrogens is 316 g/mol. The number of hydrogen-bond donors (Lipinski definition) is 1. The van der Waals surface area contributed by atoms with Crippen LogP contribution in [0.5, 0.6) is 0 Å². The van der Waals surface area contributed by atoms with Crippen molar-refractivity contribution in [3.63, 3.8) is 0 Å². The van der Waals surface area contributed by atoms with E-state index in [0.29, 0.717) is 37.7 Å². The molecule has 1 saturated heterocycles. The van der Waals surface area contributed by atoms with E-state index >= 15 is 0 Å². The Balaban J connectivity index is 1.94. The molecule has 1 N–H and O–H groups in total. The summed E-state index contributed by atoms with van der Waals surface area (Å²) in [5.74, 6) is 0. The van der Waals surface area contributed by atoms with E-state index in [1.54, 1.807) is 23.5 Å². The van der Waals surface area contributed by atoms with Crippen LogP contribution in [-0.2, 0) is 14.8 Å². The van der Waals surface area contributed by atoms with Gasteiger partial charge in [0.05, 0.1) is 30.3 Å². The first-order valence-electron chi connectivity index (χ1n) is 7.46. The molecule has 0 spiro atoms. The van der Waals surface area contributed by atoms with Crippen LogP contribution in [0.25, 0.3) is 5.69 Å². The molecule has 7 nitrogen and oxygen atoms in total. The van der Waals surface area contributed by atoms with E-state index in [-0.39, 0.29) is 4.90 Å². The summed E-state index contributed by atoms with van der Waals surface area (Å²) >= 11 is 0. The van der Waals surface area contributed by atoms with Crippen LogP contribution in [0.2, 0.25) is 0 Å². The highest BCUT2D eigenvalue weighted by molar-refractivity contribution is 7.89. The van der Waals surface area contributed by atoms with Crippen molar-refractivity contribution in [2.24, 2.45) is 0 Å². The van der Waals surface area contributed by atoms with Crippen LogP contribution in [0.3, 0.4) is 0 Å². The van der Waals surface area contributed by atoms with Gasteiger partial charge in [-0.05, 0) is 26.0 Å². The summed E-state index contributed by atoms with van der Waals surface area (Å²) in [4.78, 5) is 2.86. The zero-order chi connectivity index (χ0) is 16.4. The second kappa shape index (κ2) is 6.40. The Bertz CT molecular complexity index is 781. The van der Waals surface area contributed by atoms with E-state index in [2.05, 4.69) is 9.93 Å². The second-order valence-electron chi connectivity index (χ2n) is 5.44. The Labute approximate surface area is 135 Å². The molecule has 1 aromatic carbocycles. The molecule has 0 atom stereocenters. The van der Waals surface area contributed by atoms with Crippen molar-refractivity contribution < 1.29 is 13.2 Å². The number of aryl methyl sites for hydroxylation is 1. The summed E-state index contributed by atoms with van der Waals surface area (Å²) in [6, 6.07) is 9.49. The maximum atomic E-state index is 12.7. The van der Waals surface area contributed by atoms with E-state index in [0.717, 1.165) is 5.69 Å². The molecule has 1 aliphatic heterocycles. The van der Waals surface area contributed by atoms with Crippen molar-refractivity contribution in [3.8, 4) is 5.69 Å². The van der Waals surface area contributed by atoms with Gasteiger partial charge in [-0.2, -0.15) is 5.10 Å². The fraction of sp³-hybridized carbons (Fsp3) is 0.400. The molecule has 0 amide bonds. The van der Waals surface area contributed by atoms with Gasteiger partial charge in [0.1, 0.15) is 4.90 Å². The van der Waals surface area contributed by atoms with E-state index in [1.807, 2.05) is 30.3 Å². The Hall–Kier alpha value is -1.74. The van der Waals surface area contributed by atoms with Crippen LogP contribution in [0.1, 0.15) is 11.4 Å². The molecule has 0 unspecified atom stereocenters. The van der Waals surface area contributed by atoms with Gasteiger partial charge in [-0.3, -0.25) is 0 Å². The van der Waals surface area contributed by atoms with Crippen molar-refractivity contribution in [2.45, 2.75) is 18.7 Å². The first-order valence-corrected chi connectivity index (χ1v) is 8.94. The van der Waals surface area contributed by atoms with Gasteiger partial charge >= 0.3 is 0 Å². The zero-order valence-electron chi connectivity index (χ0n) is 13.2. The van der Waals surface area contributed by atoms with Crippen LogP contribution in [-0.4, -0.2) is 49.5 Å². The number of aromatic nitrogens is 2. The standard InChI is InChI=1S/C15H20N4O3S/c1-12-15(23(20,21)17-18-8-10-22-11-9-18)13(2)19(16-12)14-6-4-3-5-7-14/h3-7,17H,8-11H2,1-2H3. The van der Waals surface area contributed by atoms with Crippen molar-refractivity contribution in [1.82, 2.24) is 19.6 Å². The lowest BCUT2D eigenvalue weighted by molar-refractivity contribution is 0.0272. The minimum Gasteiger partial charge on any atom is -0.379 e. The first-order chi connectivity index (χ1) is 11.0. The SMILES string of the molecule is Cc1nn(-c2ccccc2)c(C)c1S(=O)(=O)NN1CCOCC1. The summed E-state index contributed by atoms with van der Waals surface area (Å²) in [5, 5.41) is 6.06. The minimum atomic E-state index is -3.67. The number of ether oxygens (including phenoxy) is 1. The topological polar surface area (TPSA) is 76.5 Å². The highest BCUT2D eigenvalue weighted by atomic mass is 32.2. The van der Waals surface area contributed by atoms with Crippen LogP contribution in [0.15, 0.2) is 35.2 Å². The summed E-state index contributed by atoms with van der Waals surface area (Å²) < 4.78 is 32.4. The van der Waals surface area contributed by atoms with E-state index in [4.69, 9.17) is 4.74 Å². The summed E-state index contributed by atoms with van der Waals surface area (Å²) in [6.45, 7) is 5.57. The van der Waals surface area contributed by atoms with Crippen molar-refractivity contribution in [2.75, 3.05) is 26.3 Å². The number of para-hydroxylation sites is 1. The van der Waals surface area contributed by atoms with Gasteiger partial charge in [0.15, 0.2) is 0 Å². The normalized spacial score (nSPS) is 16.6. The minimum absolute atomic E-state index is 0.229. The van der Waals surface area contributed by atoms with E-state index in [1.165, 1.54) is 0 Å². The smallest absolute Gasteiger partial charge is 0.257 e. The summed E-state index contributed by atoms with van der Waals surface area (Å²) in [5.41, 5.74) is 1.91. The van der Waals surface area contributed by atoms with Crippen molar-refractivity contribution in [3.05, 3.63) is 41.7 Å². The van der Waals surface area contributed by atoms with E-state index < -0.39 is 10.0 Å². The molecule has 0 bridgehead atoms. The number of hydrogen-bond acceptors (Lipinski definition) is 5. The highest BCUT2D eigenvalue weighted by Crippen LogP contribution is 2.22. The molecule has 2 aromatic rings. The number of hydrazine groups is 1. The molecule has 8 heteroatoms. The van der Waals surface area contributed by atoms with Gasteiger partial charge in [-0.25, -0.2) is 18.1 Å². The fourth-order valence-electron chi connectivity index (χ4n) is 2.71. The third kappa shape index (κ3) is 3.30. The Morgan fingerprint density at radius 3 is 2.43 bits per heavy atom. The third-order valence-corrected chi connectivity index (χ3v) is 5.38. The number of rotatable bonds is 4. The molecule has 124 valence electrons. The van der Waals surface area contributed by atoms with E-state index in [9.17, 15) is 8.42 Å². The lowest BCUT2D eigenvalue weighted by Crippen LogP contribution is -2.48. The predicted octanol–water partition coefficient (Wildman–Crippen LogP) is 1.01. The number of nitrogens with zero attached hydrogens (tertiary/aromatic N) is 3. The lowest BCUT2D eigenvalue weighted by Gasteiger charge is -2.26. The average Bonchev–Trinajstić information content (AvgIpc) is 2.84. The quantitative estimate of drug-likeness (QED) is 0.902. The fourth-order valence-corrected chi connectivity index (χ4v) is 4.23. The maximum Gasteiger partial charge on any atom is 0.257 e. The lowest BCUT2D eigenvalue weighted by atomic mass is 10.3. The summed E-state index contributed by atoms with van der Waals surface area (Å²) in [6.07, 6.45) is 0. The van der Waals surface area contributed by atoms with Crippen molar-refractivity contribution >= 4 is 10.0 Å². The molecule has 0 radical (unpaired) electrons. The molecule has 3 rings (SSSR count). The van der Waals surface area contributed by atoms with Gasteiger partial charge in [0.25, 0.3) is 10.0 Å². The Kier molecular flexibility index (Phi) is 4.49. The molecule has 2 heterocycles. The van der Waals surface area contributed by atoms with Crippen LogP contribution < -0.4 is 4.83 Å². The monoisotopic (exact) mass is 336 g/mol. The van der Waals surface area contributed by atoms with Crippen LogP contribution in [0.4, 0.5) is 0 Å². The Morgan fingerprint density at radius 1 is 1.13 bits per heavy atom. The maximum absolute atomic E-state index is 12.7. The van der Waals surface area contributed by atoms with Crippen LogP contribution >= 0.6 is 0 Å². The molecule has 1 fully saturated rings. The largest absolute Gasteiger partial charge is 0.379 e. The molecule has 0 aliphatic carbocycles. The van der Waals surface area contributed by atoms with Gasteiger partial charge in [0.2, 0.25) is 0 Å². The molecule has 1 aromatic heterocycles. The van der Waals surface area contributed by atoms with Gasteiger partial charge in [-0.1, -0.05) is 18.2 Å². The van der Waals surface area contributed by atoms with Gasteiger partial charge in [-0.15, -0.1) is 4.83 Å². The number of sulfonamides is 1. The molecule has 23 heavy (non-hydrogen) atoms. The highest BCUT2D eigenvalue weighted by Gasteiger charge is 2.27. The number of morpholine rings is 1. The van der Waals surface area contributed by atoms with Gasteiger partial charge < -0.3 is 4.74 Å². The number of benzene rings is 1. The summed E-state index contributed by atoms with van der Waals surface area (Å²) in [7, 11) is -3.67. The third-order valence-electron chi connectivity index (χ3n) is 3.75. The first kappa shape index (κ1) is 16.1. The van der Waals surface area contributed by atoms with Gasteiger partial charge in [0, 0.05) is 13.1 Å². The van der Waals surface area contributed by atoms with Crippen molar-refractivity contribution in [1.29, 1.82) is 0 Å². The average molecular weight is 336 g/mol. The molecule has 0 saturated carbocycles. The predicted molar refractivity (Wildman–Crippen MR) is 85.8 cm³/mol. The molecule has 1 aliphatic rings. The number of nitrogens with one attached hydrogen (secondary N) is 1.